The summed E-state index contributed by atoms with van der Waals surface area (Å²) >= 11 is 1.81. The van der Waals surface area contributed by atoms with Crippen molar-refractivity contribution < 1.29 is 4.79 Å². The molecule has 1 saturated heterocycles. The average Bonchev–Trinajstić information content (AvgIpc) is 2.89. The largest absolute Gasteiger partial charge is 0.343 e. The molecule has 1 aliphatic rings. The van der Waals surface area contributed by atoms with Crippen LogP contribution in [0.5, 0.6) is 0 Å². The van der Waals surface area contributed by atoms with Crippen molar-refractivity contribution in [1.29, 1.82) is 0 Å². The Balaban J connectivity index is 1.63. The Hall–Kier alpha value is -1.42. The number of para-hydroxylation sites is 1. The number of benzene rings is 1. The monoisotopic (exact) mass is 316 g/mol. The average molecular weight is 316 g/mol. The van der Waals surface area contributed by atoms with Crippen LogP contribution in [-0.4, -0.2) is 28.9 Å². The van der Waals surface area contributed by atoms with Crippen LogP contribution in [0.1, 0.15) is 51.0 Å². The third-order valence-electron chi connectivity index (χ3n) is 4.19. The maximum atomic E-state index is 12.3. The molecule has 2 heterocycles. The Morgan fingerprint density at radius 3 is 2.59 bits per heavy atom. The summed E-state index contributed by atoms with van der Waals surface area (Å²) in [6, 6.07) is 8.33. The van der Waals surface area contributed by atoms with Crippen LogP contribution in [0.25, 0.3) is 10.2 Å². The second kappa shape index (κ2) is 5.99. The minimum absolute atomic E-state index is 0.0704. The first kappa shape index (κ1) is 15.5. The molecule has 3 rings (SSSR count). The van der Waals surface area contributed by atoms with Gasteiger partial charge in [0.2, 0.25) is 5.91 Å². The summed E-state index contributed by atoms with van der Waals surface area (Å²) in [5.74, 6) is 0.811. The summed E-state index contributed by atoms with van der Waals surface area (Å²) in [5.41, 5.74) is 1.18. The molecule has 1 aliphatic heterocycles. The lowest BCUT2D eigenvalue weighted by atomic mass is 9.90. The first-order valence-corrected chi connectivity index (χ1v) is 8.87. The highest BCUT2D eigenvalue weighted by atomic mass is 32.1. The third-order valence-corrected chi connectivity index (χ3v) is 5.39. The maximum absolute atomic E-state index is 12.3. The van der Waals surface area contributed by atoms with Crippen LogP contribution in [0.15, 0.2) is 24.3 Å². The highest BCUT2D eigenvalue weighted by molar-refractivity contribution is 7.18. The lowest BCUT2D eigenvalue weighted by Gasteiger charge is -2.33. The molecule has 1 aromatic carbocycles. The molecule has 22 heavy (non-hydrogen) atoms. The molecule has 0 N–H and O–H groups in total. The fourth-order valence-electron chi connectivity index (χ4n) is 3.01. The van der Waals surface area contributed by atoms with Gasteiger partial charge in [-0.05, 0) is 30.4 Å². The van der Waals surface area contributed by atoms with E-state index in [2.05, 4.69) is 39.0 Å². The quantitative estimate of drug-likeness (QED) is 0.820. The fraction of sp³-hybridized carbons (Fsp3) is 0.556. The normalized spacial score (nSPS) is 17.1. The Bertz CT molecular complexity index is 630. The molecule has 118 valence electrons. The highest BCUT2D eigenvalue weighted by Gasteiger charge is 2.27. The molecule has 0 bridgehead atoms. The van der Waals surface area contributed by atoms with Crippen molar-refractivity contribution in [3.05, 3.63) is 29.3 Å². The number of nitrogens with zero attached hydrogens (tertiary/aromatic N) is 2. The van der Waals surface area contributed by atoms with Gasteiger partial charge in [0.15, 0.2) is 0 Å². The molecule has 1 fully saturated rings. The first-order chi connectivity index (χ1) is 10.4. The number of thiazole rings is 1. The number of likely N-dealkylation sites (tertiary alicyclic amines) is 1. The SMILES string of the molecule is CC(C)(C)CC(=O)N1CCC(c2nc3ccccc3s2)CC1. The Morgan fingerprint density at radius 2 is 1.95 bits per heavy atom. The zero-order valence-electron chi connectivity index (χ0n) is 13.6. The topological polar surface area (TPSA) is 33.2 Å². The lowest BCUT2D eigenvalue weighted by Crippen LogP contribution is -2.39. The molecular weight excluding hydrogens is 292 g/mol. The zero-order valence-corrected chi connectivity index (χ0v) is 14.4. The number of hydrogen-bond acceptors (Lipinski definition) is 3. The Morgan fingerprint density at radius 1 is 1.27 bits per heavy atom. The van der Waals surface area contributed by atoms with Gasteiger partial charge in [0.25, 0.3) is 0 Å². The highest BCUT2D eigenvalue weighted by Crippen LogP contribution is 2.34. The summed E-state index contributed by atoms with van der Waals surface area (Å²) in [4.78, 5) is 19.1. The van der Waals surface area contributed by atoms with Crippen LogP contribution in [0.3, 0.4) is 0 Å². The first-order valence-electron chi connectivity index (χ1n) is 8.06. The molecule has 3 nitrogen and oxygen atoms in total. The van der Waals surface area contributed by atoms with E-state index in [1.807, 2.05) is 22.3 Å². The summed E-state index contributed by atoms with van der Waals surface area (Å²) in [5, 5.41) is 1.24. The predicted octanol–water partition coefficient (Wildman–Crippen LogP) is 4.44. The molecule has 2 aromatic rings. The number of piperidine rings is 1. The number of rotatable bonds is 2. The number of carbonyl (C=O) groups is 1. The van der Waals surface area contributed by atoms with Crippen LogP contribution in [-0.2, 0) is 4.79 Å². The number of aromatic nitrogens is 1. The molecule has 1 amide bonds. The van der Waals surface area contributed by atoms with Gasteiger partial charge < -0.3 is 4.90 Å². The fourth-order valence-corrected chi connectivity index (χ4v) is 4.14. The van der Waals surface area contributed by atoms with Gasteiger partial charge in [0.05, 0.1) is 15.2 Å². The number of fused-ring (bicyclic) bond motifs is 1. The van der Waals surface area contributed by atoms with Crippen molar-refractivity contribution in [2.75, 3.05) is 13.1 Å². The van der Waals surface area contributed by atoms with Crippen LogP contribution < -0.4 is 0 Å². The second-order valence-electron chi connectivity index (χ2n) is 7.41. The van der Waals surface area contributed by atoms with Crippen molar-refractivity contribution in [2.45, 2.75) is 46.0 Å². The van der Waals surface area contributed by atoms with Crippen LogP contribution >= 0.6 is 11.3 Å². The van der Waals surface area contributed by atoms with E-state index in [1.165, 1.54) is 9.71 Å². The maximum Gasteiger partial charge on any atom is 0.223 e. The van der Waals surface area contributed by atoms with E-state index in [0.717, 1.165) is 31.4 Å². The molecule has 1 aromatic heterocycles. The van der Waals surface area contributed by atoms with E-state index in [9.17, 15) is 4.79 Å². The van der Waals surface area contributed by atoms with Crippen molar-refractivity contribution in [1.82, 2.24) is 9.88 Å². The van der Waals surface area contributed by atoms with Crippen molar-refractivity contribution >= 4 is 27.5 Å². The van der Waals surface area contributed by atoms with Gasteiger partial charge in [-0.2, -0.15) is 0 Å². The van der Waals surface area contributed by atoms with Crippen molar-refractivity contribution in [2.24, 2.45) is 5.41 Å². The number of hydrogen-bond donors (Lipinski definition) is 0. The molecule has 0 atom stereocenters. The molecule has 0 spiro atoms. The van der Waals surface area contributed by atoms with Gasteiger partial charge in [-0.15, -0.1) is 11.3 Å². The Kier molecular flexibility index (Phi) is 4.22. The number of amides is 1. The third kappa shape index (κ3) is 3.49. The summed E-state index contributed by atoms with van der Waals surface area (Å²) in [7, 11) is 0. The molecule has 0 saturated carbocycles. The van der Waals surface area contributed by atoms with Crippen LogP contribution in [0.4, 0.5) is 0 Å². The van der Waals surface area contributed by atoms with E-state index in [0.29, 0.717) is 18.2 Å². The minimum atomic E-state index is 0.0704. The van der Waals surface area contributed by atoms with Gasteiger partial charge >= 0.3 is 0 Å². The minimum Gasteiger partial charge on any atom is -0.343 e. The van der Waals surface area contributed by atoms with E-state index in [4.69, 9.17) is 4.98 Å². The van der Waals surface area contributed by atoms with E-state index >= 15 is 0 Å². The van der Waals surface area contributed by atoms with Gasteiger partial charge in [-0.3, -0.25) is 4.79 Å². The van der Waals surface area contributed by atoms with E-state index in [1.54, 1.807) is 0 Å². The number of carbonyl (C=O) groups excluding carboxylic acids is 1. The predicted molar refractivity (Wildman–Crippen MR) is 92.2 cm³/mol. The molecule has 0 aliphatic carbocycles. The van der Waals surface area contributed by atoms with Crippen molar-refractivity contribution in [3.63, 3.8) is 0 Å². The Labute approximate surface area is 136 Å². The summed E-state index contributed by atoms with van der Waals surface area (Å²) < 4.78 is 1.27. The van der Waals surface area contributed by atoms with Gasteiger partial charge in [0, 0.05) is 25.4 Å². The molecule has 0 radical (unpaired) electrons. The summed E-state index contributed by atoms with van der Waals surface area (Å²) in [6.45, 7) is 8.11. The molecular formula is C18H24N2OS. The van der Waals surface area contributed by atoms with Gasteiger partial charge in [-0.25, -0.2) is 4.98 Å². The standard InChI is InChI=1S/C18H24N2OS/c1-18(2,3)12-16(21)20-10-8-13(9-11-20)17-19-14-6-4-5-7-15(14)22-17/h4-7,13H,8-12H2,1-3H3. The lowest BCUT2D eigenvalue weighted by molar-refractivity contribution is -0.134. The van der Waals surface area contributed by atoms with Crippen LogP contribution in [0, 0.1) is 5.41 Å². The smallest absolute Gasteiger partial charge is 0.223 e. The van der Waals surface area contributed by atoms with E-state index in [-0.39, 0.29) is 5.41 Å². The zero-order chi connectivity index (χ0) is 15.7. The second-order valence-corrected chi connectivity index (χ2v) is 8.47. The summed E-state index contributed by atoms with van der Waals surface area (Å²) in [6.07, 6.45) is 2.71. The van der Waals surface area contributed by atoms with Gasteiger partial charge in [-0.1, -0.05) is 32.9 Å². The van der Waals surface area contributed by atoms with Gasteiger partial charge in [0.1, 0.15) is 0 Å². The van der Waals surface area contributed by atoms with Crippen LogP contribution in [0.2, 0.25) is 0 Å². The molecule has 4 heteroatoms. The van der Waals surface area contributed by atoms with Crippen molar-refractivity contribution in [3.8, 4) is 0 Å². The van der Waals surface area contributed by atoms with E-state index < -0.39 is 0 Å². The molecule has 0 unspecified atom stereocenters.